The van der Waals surface area contributed by atoms with Crippen LogP contribution in [0, 0.1) is 18.1 Å². The third kappa shape index (κ3) is 3.50. The quantitative estimate of drug-likeness (QED) is 0.327. The Hall–Kier alpha value is -2.72. The number of aliphatic hydroxyl groups excluding tert-OH is 2. The van der Waals surface area contributed by atoms with Crippen LogP contribution in [-0.4, -0.2) is 47.8 Å². The molecule has 1 radical (unpaired) electrons. The molecule has 3 aromatic carbocycles. The van der Waals surface area contributed by atoms with E-state index < -0.39 is 32.5 Å². The molecular weight excluding hydrogens is 392 g/mol. The molecule has 0 saturated carbocycles. The minimum atomic E-state index is -2.89. The SMILES string of the molecule is OC[C@H]1O[CH][C@H](O)[C@@]1(O)C#C[Si](c1ccccc1)(c1ccccc1)c1ccccc1. The molecule has 0 bridgehead atoms. The largest absolute Gasteiger partial charge is 0.394 e. The van der Waals surface area contributed by atoms with Gasteiger partial charge in [-0.15, -0.1) is 5.54 Å². The van der Waals surface area contributed by atoms with Crippen LogP contribution in [0.2, 0.25) is 0 Å². The molecule has 1 saturated heterocycles. The summed E-state index contributed by atoms with van der Waals surface area (Å²) >= 11 is 0. The van der Waals surface area contributed by atoms with E-state index >= 15 is 0 Å². The molecule has 4 rings (SSSR count). The molecule has 151 valence electrons. The van der Waals surface area contributed by atoms with E-state index in [9.17, 15) is 15.3 Å². The van der Waals surface area contributed by atoms with E-state index in [0.717, 1.165) is 22.2 Å². The van der Waals surface area contributed by atoms with Crippen molar-refractivity contribution in [3.05, 3.63) is 97.6 Å². The highest BCUT2D eigenvalue weighted by Gasteiger charge is 2.50. The van der Waals surface area contributed by atoms with Gasteiger partial charge in [0.1, 0.15) is 18.8 Å². The number of benzene rings is 3. The molecule has 1 aliphatic rings. The second-order valence-electron chi connectivity index (χ2n) is 7.31. The van der Waals surface area contributed by atoms with Crippen LogP contribution in [0.15, 0.2) is 91.0 Å². The molecular formula is C25H23O4Si. The Bertz CT molecular complexity index is 934. The van der Waals surface area contributed by atoms with E-state index in [4.69, 9.17) is 4.74 Å². The van der Waals surface area contributed by atoms with Crippen molar-refractivity contribution in [3.8, 4) is 11.5 Å². The first-order valence-electron chi connectivity index (χ1n) is 9.82. The van der Waals surface area contributed by atoms with Crippen molar-refractivity contribution < 1.29 is 20.1 Å². The van der Waals surface area contributed by atoms with Crippen LogP contribution in [0.3, 0.4) is 0 Å². The van der Waals surface area contributed by atoms with Gasteiger partial charge in [0.15, 0.2) is 5.60 Å². The Morgan fingerprint density at radius 2 is 1.23 bits per heavy atom. The smallest absolute Gasteiger partial charge is 0.229 e. The highest BCUT2D eigenvalue weighted by atomic mass is 28.3. The van der Waals surface area contributed by atoms with E-state index in [2.05, 4.69) is 47.9 Å². The highest BCUT2D eigenvalue weighted by Crippen LogP contribution is 2.28. The van der Waals surface area contributed by atoms with Crippen molar-refractivity contribution in [2.45, 2.75) is 17.8 Å². The van der Waals surface area contributed by atoms with Crippen molar-refractivity contribution in [2.24, 2.45) is 0 Å². The minimum absolute atomic E-state index is 0.449. The van der Waals surface area contributed by atoms with Crippen molar-refractivity contribution in [1.82, 2.24) is 0 Å². The zero-order valence-electron chi connectivity index (χ0n) is 16.3. The molecule has 30 heavy (non-hydrogen) atoms. The van der Waals surface area contributed by atoms with Gasteiger partial charge in [0, 0.05) is 0 Å². The van der Waals surface area contributed by atoms with Gasteiger partial charge >= 0.3 is 0 Å². The van der Waals surface area contributed by atoms with Crippen LogP contribution in [0.4, 0.5) is 0 Å². The number of aliphatic hydroxyl groups is 3. The summed E-state index contributed by atoms with van der Waals surface area (Å²) in [6.07, 6.45) is -2.31. The molecule has 0 spiro atoms. The van der Waals surface area contributed by atoms with E-state index in [-0.39, 0.29) is 0 Å². The standard InChI is InChI=1S/C25H23O4Si/c26-18-24-25(28,23(27)19-29-24)16-17-30(20-10-4-1-5-11-20,21-12-6-2-7-13-21)22-14-8-3-9-15-22/h1-15,19,23-24,26-28H,18H2/t23-,24+,25-/m0/s1. The van der Waals surface area contributed by atoms with Crippen LogP contribution in [-0.2, 0) is 4.74 Å². The predicted octanol–water partition coefficient (Wildman–Crippen LogP) is 0.344. The third-order valence-corrected chi connectivity index (χ3v) is 9.65. The summed E-state index contributed by atoms with van der Waals surface area (Å²) in [6.45, 7) is 0.682. The van der Waals surface area contributed by atoms with Gasteiger partial charge in [-0.25, -0.2) is 0 Å². The van der Waals surface area contributed by atoms with Gasteiger partial charge in [-0.3, -0.25) is 0 Å². The van der Waals surface area contributed by atoms with Crippen LogP contribution in [0.1, 0.15) is 0 Å². The van der Waals surface area contributed by atoms with E-state index in [1.54, 1.807) is 0 Å². The van der Waals surface area contributed by atoms with E-state index in [1.807, 2.05) is 54.6 Å². The summed E-state index contributed by atoms with van der Waals surface area (Å²) in [4.78, 5) is 0. The topological polar surface area (TPSA) is 69.9 Å². The molecule has 3 aromatic rings. The molecule has 0 aromatic heterocycles. The first kappa shape index (κ1) is 20.5. The minimum Gasteiger partial charge on any atom is -0.394 e. The molecule has 3 N–H and O–H groups in total. The lowest BCUT2D eigenvalue weighted by Gasteiger charge is -2.30. The molecule has 0 amide bonds. The number of ether oxygens (including phenoxy) is 1. The Morgan fingerprint density at radius 1 is 0.800 bits per heavy atom. The van der Waals surface area contributed by atoms with Crippen LogP contribution in [0.25, 0.3) is 0 Å². The second kappa shape index (κ2) is 8.56. The average Bonchev–Trinajstić information content (AvgIpc) is 3.10. The first-order chi connectivity index (χ1) is 14.6. The summed E-state index contributed by atoms with van der Waals surface area (Å²) in [5, 5.41) is 34.3. The van der Waals surface area contributed by atoms with Crippen molar-refractivity contribution in [3.63, 3.8) is 0 Å². The Balaban J connectivity index is 2.00. The van der Waals surface area contributed by atoms with Gasteiger partial charge in [0.05, 0.1) is 6.61 Å². The average molecular weight is 416 g/mol. The highest BCUT2D eigenvalue weighted by molar-refractivity contribution is 7.16. The van der Waals surface area contributed by atoms with Crippen LogP contribution < -0.4 is 15.6 Å². The summed E-state index contributed by atoms with van der Waals surface area (Å²) in [7, 11) is -2.89. The Kier molecular flexibility index (Phi) is 5.86. The lowest BCUT2D eigenvalue weighted by molar-refractivity contribution is -0.0510. The van der Waals surface area contributed by atoms with Gasteiger partial charge in [0.2, 0.25) is 8.07 Å². The lowest BCUT2D eigenvalue weighted by Crippen LogP contribution is -2.67. The molecule has 4 nitrogen and oxygen atoms in total. The summed E-state index contributed by atoms with van der Waals surface area (Å²) < 4.78 is 5.25. The van der Waals surface area contributed by atoms with Crippen molar-refractivity contribution in [1.29, 1.82) is 0 Å². The molecule has 1 fully saturated rings. The van der Waals surface area contributed by atoms with Gasteiger partial charge in [-0.2, -0.15) is 0 Å². The fourth-order valence-corrected chi connectivity index (χ4v) is 7.78. The maximum atomic E-state index is 11.1. The van der Waals surface area contributed by atoms with Gasteiger partial charge in [-0.1, -0.05) is 96.9 Å². The summed E-state index contributed by atoms with van der Waals surface area (Å²) in [5.74, 6) is 2.95. The molecule has 5 heteroatoms. The Morgan fingerprint density at radius 3 is 1.63 bits per heavy atom. The fourth-order valence-electron chi connectivity index (χ4n) is 3.88. The number of hydrogen-bond acceptors (Lipinski definition) is 4. The van der Waals surface area contributed by atoms with Crippen LogP contribution in [0.5, 0.6) is 0 Å². The maximum Gasteiger partial charge on any atom is 0.229 e. The second-order valence-corrected chi connectivity index (χ2v) is 10.8. The molecule has 0 aliphatic carbocycles. The molecule has 1 heterocycles. The van der Waals surface area contributed by atoms with Gasteiger partial charge in [0.25, 0.3) is 0 Å². The molecule has 1 aliphatic heterocycles. The monoisotopic (exact) mass is 415 g/mol. The lowest BCUT2D eigenvalue weighted by atomic mass is 9.95. The summed E-state index contributed by atoms with van der Waals surface area (Å²) in [6, 6.07) is 30.1. The third-order valence-electron chi connectivity index (χ3n) is 5.55. The van der Waals surface area contributed by atoms with E-state index in [1.165, 1.54) is 0 Å². The fraction of sp³-hybridized carbons (Fsp3) is 0.160. The summed E-state index contributed by atoms with van der Waals surface area (Å²) in [5.41, 5.74) is 1.54. The zero-order valence-corrected chi connectivity index (χ0v) is 17.3. The van der Waals surface area contributed by atoms with Crippen LogP contribution >= 0.6 is 0 Å². The zero-order chi connectivity index (χ0) is 21.0. The van der Waals surface area contributed by atoms with E-state index in [0.29, 0.717) is 0 Å². The Labute approximate surface area is 177 Å². The normalized spacial score (nSPS) is 23.6. The first-order valence-corrected chi connectivity index (χ1v) is 11.8. The van der Waals surface area contributed by atoms with Crippen molar-refractivity contribution in [2.75, 3.05) is 6.61 Å². The number of hydrogen-bond donors (Lipinski definition) is 3. The number of rotatable bonds is 4. The predicted molar refractivity (Wildman–Crippen MR) is 119 cm³/mol. The van der Waals surface area contributed by atoms with Crippen molar-refractivity contribution >= 4 is 23.6 Å². The molecule has 3 atom stereocenters. The van der Waals surface area contributed by atoms with Gasteiger partial charge < -0.3 is 20.1 Å². The maximum absolute atomic E-state index is 11.1. The molecule has 0 unspecified atom stereocenters. The van der Waals surface area contributed by atoms with Gasteiger partial charge in [-0.05, 0) is 15.6 Å².